The number of aromatic nitrogens is 2. The summed E-state index contributed by atoms with van der Waals surface area (Å²) in [5.41, 5.74) is 6.63. The van der Waals surface area contributed by atoms with Gasteiger partial charge in [0.25, 0.3) is 0 Å². The molecule has 90 valence electrons. The molecule has 2 N–H and O–H groups in total. The van der Waals surface area contributed by atoms with Gasteiger partial charge in [0, 0.05) is 16.6 Å². The van der Waals surface area contributed by atoms with Crippen molar-refractivity contribution in [3.63, 3.8) is 0 Å². The molecule has 0 saturated heterocycles. The van der Waals surface area contributed by atoms with E-state index < -0.39 is 0 Å². The van der Waals surface area contributed by atoms with Crippen LogP contribution in [0.2, 0.25) is 5.02 Å². The van der Waals surface area contributed by atoms with Gasteiger partial charge in [0.1, 0.15) is 0 Å². The Bertz CT molecular complexity index is 510. The van der Waals surface area contributed by atoms with Gasteiger partial charge in [-0.3, -0.25) is 0 Å². The summed E-state index contributed by atoms with van der Waals surface area (Å²) in [6.45, 7) is 3.87. The Kier molecular flexibility index (Phi) is 3.45. The van der Waals surface area contributed by atoms with Crippen LogP contribution in [-0.4, -0.2) is 16.2 Å². The third-order valence-electron chi connectivity index (χ3n) is 2.70. The largest absolute Gasteiger partial charge is 0.339 e. The van der Waals surface area contributed by atoms with E-state index in [2.05, 4.69) is 10.1 Å². The molecule has 0 radical (unpaired) electrons. The monoisotopic (exact) mass is 251 g/mol. The van der Waals surface area contributed by atoms with Gasteiger partial charge in [0.2, 0.25) is 11.7 Å². The standard InChI is InChI=1S/C12H14ClN3O/c1-7(8(2)14)12-15-11(16-17-12)9-4-3-5-10(13)6-9/h3-8H,14H2,1-2H3. The van der Waals surface area contributed by atoms with Crippen LogP contribution in [0.3, 0.4) is 0 Å². The summed E-state index contributed by atoms with van der Waals surface area (Å²) < 4.78 is 5.20. The number of nitrogens with two attached hydrogens (primary N) is 1. The van der Waals surface area contributed by atoms with Crippen LogP contribution in [0.25, 0.3) is 11.4 Å². The van der Waals surface area contributed by atoms with E-state index in [-0.39, 0.29) is 12.0 Å². The lowest BCUT2D eigenvalue weighted by Gasteiger charge is -2.09. The maximum absolute atomic E-state index is 5.91. The summed E-state index contributed by atoms with van der Waals surface area (Å²) >= 11 is 5.91. The summed E-state index contributed by atoms with van der Waals surface area (Å²) in [6.07, 6.45) is 0. The van der Waals surface area contributed by atoms with Gasteiger partial charge in [-0.05, 0) is 19.1 Å². The van der Waals surface area contributed by atoms with Gasteiger partial charge in [0.15, 0.2) is 0 Å². The summed E-state index contributed by atoms with van der Waals surface area (Å²) in [6, 6.07) is 7.31. The number of halogens is 1. The van der Waals surface area contributed by atoms with Crippen molar-refractivity contribution in [1.82, 2.24) is 10.1 Å². The van der Waals surface area contributed by atoms with E-state index in [1.807, 2.05) is 26.0 Å². The quantitative estimate of drug-likeness (QED) is 0.911. The van der Waals surface area contributed by atoms with Crippen molar-refractivity contribution in [2.24, 2.45) is 5.73 Å². The number of rotatable bonds is 3. The SMILES string of the molecule is CC(N)C(C)c1nc(-c2cccc(Cl)c2)no1. The van der Waals surface area contributed by atoms with Crippen molar-refractivity contribution in [2.75, 3.05) is 0 Å². The second-order valence-corrected chi connectivity index (χ2v) is 4.55. The molecule has 2 unspecified atom stereocenters. The number of hydrogen-bond donors (Lipinski definition) is 1. The van der Waals surface area contributed by atoms with Crippen LogP contribution in [0.15, 0.2) is 28.8 Å². The topological polar surface area (TPSA) is 64.9 Å². The van der Waals surface area contributed by atoms with Gasteiger partial charge in [-0.2, -0.15) is 4.98 Å². The fraction of sp³-hybridized carbons (Fsp3) is 0.333. The van der Waals surface area contributed by atoms with Crippen LogP contribution in [0.1, 0.15) is 25.7 Å². The molecular formula is C12H14ClN3O. The number of nitrogens with zero attached hydrogens (tertiary/aromatic N) is 2. The predicted octanol–water partition coefficient (Wildman–Crippen LogP) is 2.84. The average Bonchev–Trinajstić information content (AvgIpc) is 2.77. The van der Waals surface area contributed by atoms with Crippen molar-refractivity contribution < 1.29 is 4.52 Å². The van der Waals surface area contributed by atoms with E-state index in [1.165, 1.54) is 0 Å². The summed E-state index contributed by atoms with van der Waals surface area (Å²) in [5, 5.41) is 4.58. The van der Waals surface area contributed by atoms with E-state index in [9.17, 15) is 0 Å². The Labute approximate surface area is 105 Å². The molecule has 17 heavy (non-hydrogen) atoms. The molecule has 2 atom stereocenters. The highest BCUT2D eigenvalue weighted by atomic mass is 35.5. The Morgan fingerprint density at radius 2 is 2.12 bits per heavy atom. The van der Waals surface area contributed by atoms with Crippen LogP contribution >= 0.6 is 11.6 Å². The highest BCUT2D eigenvalue weighted by molar-refractivity contribution is 6.30. The minimum Gasteiger partial charge on any atom is -0.339 e. The second-order valence-electron chi connectivity index (χ2n) is 4.11. The minimum absolute atomic E-state index is 0.0253. The smallest absolute Gasteiger partial charge is 0.231 e. The first-order chi connectivity index (χ1) is 8.08. The van der Waals surface area contributed by atoms with E-state index in [0.29, 0.717) is 16.7 Å². The zero-order valence-electron chi connectivity index (χ0n) is 9.72. The summed E-state index contributed by atoms with van der Waals surface area (Å²) in [4.78, 5) is 4.33. The number of benzene rings is 1. The maximum Gasteiger partial charge on any atom is 0.231 e. The molecule has 5 heteroatoms. The molecule has 0 aliphatic rings. The average molecular weight is 252 g/mol. The van der Waals surface area contributed by atoms with Gasteiger partial charge in [0.05, 0.1) is 5.92 Å². The molecule has 2 aromatic rings. The molecule has 0 saturated carbocycles. The highest BCUT2D eigenvalue weighted by Crippen LogP contribution is 2.23. The lowest BCUT2D eigenvalue weighted by molar-refractivity contribution is 0.347. The van der Waals surface area contributed by atoms with E-state index in [0.717, 1.165) is 5.56 Å². The van der Waals surface area contributed by atoms with Gasteiger partial charge < -0.3 is 10.3 Å². The summed E-state index contributed by atoms with van der Waals surface area (Å²) in [5.74, 6) is 1.13. The zero-order chi connectivity index (χ0) is 12.4. The third kappa shape index (κ3) is 2.65. The molecule has 1 aromatic carbocycles. The third-order valence-corrected chi connectivity index (χ3v) is 2.94. The molecule has 1 aromatic heterocycles. The lowest BCUT2D eigenvalue weighted by Crippen LogP contribution is -2.22. The molecule has 1 heterocycles. The van der Waals surface area contributed by atoms with Gasteiger partial charge in [-0.25, -0.2) is 0 Å². The zero-order valence-corrected chi connectivity index (χ0v) is 10.5. The first-order valence-electron chi connectivity index (χ1n) is 5.43. The van der Waals surface area contributed by atoms with Crippen molar-refractivity contribution in [1.29, 1.82) is 0 Å². The van der Waals surface area contributed by atoms with Crippen molar-refractivity contribution in [3.05, 3.63) is 35.2 Å². The van der Waals surface area contributed by atoms with Crippen LogP contribution in [-0.2, 0) is 0 Å². The molecule has 0 aliphatic heterocycles. The van der Waals surface area contributed by atoms with Crippen LogP contribution < -0.4 is 5.73 Å². The molecule has 4 nitrogen and oxygen atoms in total. The van der Waals surface area contributed by atoms with Crippen molar-refractivity contribution >= 4 is 11.6 Å². The van der Waals surface area contributed by atoms with Crippen molar-refractivity contribution in [3.8, 4) is 11.4 Å². The number of hydrogen-bond acceptors (Lipinski definition) is 4. The molecule has 0 fully saturated rings. The predicted molar refractivity (Wildman–Crippen MR) is 66.8 cm³/mol. The normalized spacial score (nSPS) is 14.6. The molecule has 0 spiro atoms. The molecule has 0 aliphatic carbocycles. The van der Waals surface area contributed by atoms with E-state index >= 15 is 0 Å². The van der Waals surface area contributed by atoms with Crippen molar-refractivity contribution in [2.45, 2.75) is 25.8 Å². The lowest BCUT2D eigenvalue weighted by atomic mass is 10.1. The Hall–Kier alpha value is -1.39. The van der Waals surface area contributed by atoms with Crippen LogP contribution in [0.4, 0.5) is 0 Å². The van der Waals surface area contributed by atoms with Gasteiger partial charge in [-0.1, -0.05) is 35.8 Å². The molecule has 0 amide bonds. The fourth-order valence-electron chi connectivity index (χ4n) is 1.39. The Balaban J connectivity index is 2.30. The van der Waals surface area contributed by atoms with Gasteiger partial charge in [-0.15, -0.1) is 0 Å². The molecule has 2 rings (SSSR count). The molecular weight excluding hydrogens is 238 g/mol. The fourth-order valence-corrected chi connectivity index (χ4v) is 1.58. The summed E-state index contributed by atoms with van der Waals surface area (Å²) in [7, 11) is 0. The first-order valence-corrected chi connectivity index (χ1v) is 5.81. The minimum atomic E-state index is -0.0253. The van der Waals surface area contributed by atoms with E-state index in [4.69, 9.17) is 21.9 Å². The molecule has 0 bridgehead atoms. The van der Waals surface area contributed by atoms with Crippen LogP contribution in [0, 0.1) is 0 Å². The Morgan fingerprint density at radius 1 is 1.35 bits per heavy atom. The Morgan fingerprint density at radius 3 is 2.76 bits per heavy atom. The van der Waals surface area contributed by atoms with Crippen LogP contribution in [0.5, 0.6) is 0 Å². The second kappa shape index (κ2) is 4.85. The highest BCUT2D eigenvalue weighted by Gasteiger charge is 2.18. The first kappa shape index (κ1) is 12.1. The maximum atomic E-state index is 5.91. The van der Waals surface area contributed by atoms with Gasteiger partial charge >= 0.3 is 0 Å². The van der Waals surface area contributed by atoms with E-state index in [1.54, 1.807) is 12.1 Å².